The smallest absolute Gasteiger partial charge is 0.271 e. The van der Waals surface area contributed by atoms with Crippen LogP contribution in [-0.2, 0) is 0 Å². The van der Waals surface area contributed by atoms with Crippen molar-refractivity contribution in [2.45, 2.75) is 32.7 Å². The average Bonchev–Trinajstić information content (AvgIpc) is 2.82. The average molecular weight is 445 g/mol. The molecule has 6 heteroatoms. The number of allylic oxidation sites excluding steroid dienone is 1. The van der Waals surface area contributed by atoms with E-state index in [2.05, 4.69) is 49.1 Å². The van der Waals surface area contributed by atoms with E-state index in [0.29, 0.717) is 17.4 Å². The topological polar surface area (TPSA) is 64.8 Å². The van der Waals surface area contributed by atoms with E-state index in [-0.39, 0.29) is 16.7 Å². The van der Waals surface area contributed by atoms with Gasteiger partial charge in [0.15, 0.2) is 11.5 Å². The molecule has 0 saturated carbocycles. The monoisotopic (exact) mass is 444 g/mol. The van der Waals surface area contributed by atoms with Gasteiger partial charge in [-0.15, -0.1) is 0 Å². The molecule has 4 rings (SSSR count). The molecule has 0 saturated heterocycles. The second kappa shape index (κ2) is 8.98. The van der Waals surface area contributed by atoms with Crippen molar-refractivity contribution in [3.8, 4) is 11.5 Å². The lowest BCUT2D eigenvalue weighted by atomic mass is 9.87. The summed E-state index contributed by atoms with van der Waals surface area (Å²) in [4.78, 5) is 13.2. The van der Waals surface area contributed by atoms with Crippen molar-refractivity contribution in [1.29, 1.82) is 0 Å². The number of methoxy groups -OCH3 is 2. The Labute approximate surface area is 194 Å². The van der Waals surface area contributed by atoms with Crippen molar-refractivity contribution < 1.29 is 14.4 Å². The molecule has 3 aromatic carbocycles. The molecule has 1 heterocycles. The van der Waals surface area contributed by atoms with Crippen LogP contribution in [0.15, 0.2) is 66.4 Å². The first-order chi connectivity index (χ1) is 15.8. The van der Waals surface area contributed by atoms with Gasteiger partial charge in [0.25, 0.3) is 5.69 Å². The van der Waals surface area contributed by atoms with Gasteiger partial charge in [-0.3, -0.25) is 10.1 Å². The van der Waals surface area contributed by atoms with E-state index >= 15 is 0 Å². The maximum atomic E-state index is 11.5. The summed E-state index contributed by atoms with van der Waals surface area (Å²) in [7, 11) is 3.25. The van der Waals surface area contributed by atoms with Gasteiger partial charge in [-0.05, 0) is 59.4 Å². The number of nitrogens with zero attached hydrogens (tertiary/aromatic N) is 2. The summed E-state index contributed by atoms with van der Waals surface area (Å²) >= 11 is 0. The molecule has 170 valence electrons. The second-order valence-corrected chi connectivity index (χ2v) is 8.49. The number of non-ortho nitro benzene ring substituents is 1. The molecule has 0 amide bonds. The van der Waals surface area contributed by atoms with E-state index in [1.807, 2.05) is 25.1 Å². The number of hydrogen-bond acceptors (Lipinski definition) is 5. The highest BCUT2D eigenvalue weighted by molar-refractivity contribution is 5.74. The van der Waals surface area contributed by atoms with Gasteiger partial charge < -0.3 is 14.4 Å². The standard InChI is InChI=1S/C27H28N2O4/c1-17(2)19-9-11-20(12-10-19)27-24-16-26(33-5)25(32-4)14-21(24)13-18(3)28(27)22-7-6-8-23(15-22)29(30)31/h6-17,27H,1-5H3. The highest BCUT2D eigenvalue weighted by Gasteiger charge is 2.31. The first-order valence-electron chi connectivity index (χ1n) is 10.9. The third kappa shape index (κ3) is 4.16. The van der Waals surface area contributed by atoms with Gasteiger partial charge in [0.05, 0.1) is 25.2 Å². The number of nitro benzene ring substituents is 1. The molecular weight excluding hydrogens is 416 g/mol. The molecular formula is C27H28N2O4. The molecule has 3 aromatic rings. The van der Waals surface area contributed by atoms with Gasteiger partial charge in [0.1, 0.15) is 0 Å². The van der Waals surface area contributed by atoms with Crippen LogP contribution in [0.5, 0.6) is 11.5 Å². The minimum absolute atomic E-state index is 0.0623. The quantitative estimate of drug-likeness (QED) is 0.312. The predicted molar refractivity (Wildman–Crippen MR) is 131 cm³/mol. The lowest BCUT2D eigenvalue weighted by Crippen LogP contribution is -2.31. The summed E-state index contributed by atoms with van der Waals surface area (Å²) in [6.07, 6.45) is 2.08. The molecule has 0 N–H and O–H groups in total. The van der Waals surface area contributed by atoms with E-state index in [1.165, 1.54) is 11.6 Å². The van der Waals surface area contributed by atoms with Crippen LogP contribution in [0.25, 0.3) is 6.08 Å². The molecule has 0 aromatic heterocycles. The molecule has 1 aliphatic rings. The van der Waals surface area contributed by atoms with Crippen LogP contribution < -0.4 is 14.4 Å². The van der Waals surface area contributed by atoms with Gasteiger partial charge in [-0.25, -0.2) is 0 Å². The Morgan fingerprint density at radius 2 is 1.64 bits per heavy atom. The normalized spacial score (nSPS) is 15.2. The van der Waals surface area contributed by atoms with Crippen molar-refractivity contribution in [2.75, 3.05) is 19.1 Å². The third-order valence-corrected chi connectivity index (χ3v) is 6.12. The van der Waals surface area contributed by atoms with Crippen LogP contribution in [0, 0.1) is 10.1 Å². The Balaban J connectivity index is 1.94. The molecule has 6 nitrogen and oxygen atoms in total. The fourth-order valence-electron chi connectivity index (χ4n) is 4.41. The Morgan fingerprint density at radius 1 is 0.970 bits per heavy atom. The highest BCUT2D eigenvalue weighted by atomic mass is 16.6. The zero-order chi connectivity index (χ0) is 23.7. The number of benzene rings is 3. The molecule has 0 fully saturated rings. The summed E-state index contributed by atoms with van der Waals surface area (Å²) < 4.78 is 11.1. The number of ether oxygens (including phenoxy) is 2. The van der Waals surface area contributed by atoms with Crippen LogP contribution in [0.1, 0.15) is 55.0 Å². The molecule has 1 unspecified atom stereocenters. The lowest BCUT2D eigenvalue weighted by molar-refractivity contribution is -0.384. The number of anilines is 1. The predicted octanol–water partition coefficient (Wildman–Crippen LogP) is 6.71. The zero-order valence-corrected chi connectivity index (χ0v) is 19.5. The Bertz CT molecular complexity index is 1220. The van der Waals surface area contributed by atoms with Crippen LogP contribution in [0.4, 0.5) is 11.4 Å². The molecule has 1 aliphatic heterocycles. The van der Waals surface area contributed by atoms with Crippen molar-refractivity contribution in [3.63, 3.8) is 0 Å². The van der Waals surface area contributed by atoms with Crippen molar-refractivity contribution in [2.24, 2.45) is 0 Å². The zero-order valence-electron chi connectivity index (χ0n) is 19.5. The summed E-state index contributed by atoms with van der Waals surface area (Å²) in [6, 6.07) is 19.2. The summed E-state index contributed by atoms with van der Waals surface area (Å²) in [6.45, 7) is 6.36. The maximum absolute atomic E-state index is 11.5. The fourth-order valence-corrected chi connectivity index (χ4v) is 4.41. The van der Waals surface area contributed by atoms with Crippen molar-refractivity contribution in [1.82, 2.24) is 0 Å². The van der Waals surface area contributed by atoms with Crippen LogP contribution >= 0.6 is 0 Å². The first-order valence-corrected chi connectivity index (χ1v) is 10.9. The number of hydrogen-bond donors (Lipinski definition) is 0. The number of rotatable bonds is 6. The van der Waals surface area contributed by atoms with Crippen molar-refractivity contribution in [3.05, 3.63) is 98.7 Å². The van der Waals surface area contributed by atoms with E-state index in [9.17, 15) is 10.1 Å². The number of fused-ring (bicyclic) bond motifs is 1. The van der Waals surface area contributed by atoms with Gasteiger partial charge in [-0.1, -0.05) is 44.2 Å². The Kier molecular flexibility index (Phi) is 6.09. The van der Waals surface area contributed by atoms with E-state index in [1.54, 1.807) is 26.4 Å². The molecule has 0 aliphatic carbocycles. The SMILES string of the molecule is COc1cc2c(cc1OC)C(c1ccc(C(C)C)cc1)N(c1cccc([N+](=O)[O-])c1)C(C)=C2. The van der Waals surface area contributed by atoms with Crippen LogP contribution in [0.3, 0.4) is 0 Å². The van der Waals surface area contributed by atoms with Gasteiger partial charge in [0.2, 0.25) is 0 Å². The van der Waals surface area contributed by atoms with E-state index < -0.39 is 0 Å². The number of nitro groups is 1. The van der Waals surface area contributed by atoms with E-state index in [0.717, 1.165) is 28.1 Å². The van der Waals surface area contributed by atoms with Gasteiger partial charge in [-0.2, -0.15) is 0 Å². The minimum atomic E-state index is -0.360. The minimum Gasteiger partial charge on any atom is -0.493 e. The molecule has 0 spiro atoms. The van der Waals surface area contributed by atoms with Crippen LogP contribution in [-0.4, -0.2) is 19.1 Å². The van der Waals surface area contributed by atoms with E-state index in [4.69, 9.17) is 9.47 Å². The molecule has 33 heavy (non-hydrogen) atoms. The maximum Gasteiger partial charge on any atom is 0.271 e. The van der Waals surface area contributed by atoms with Crippen LogP contribution in [0.2, 0.25) is 0 Å². The summed E-state index contributed by atoms with van der Waals surface area (Å²) in [5.41, 5.74) is 6.23. The Morgan fingerprint density at radius 3 is 2.24 bits per heavy atom. The Hall–Kier alpha value is -3.80. The molecule has 0 radical (unpaired) electrons. The summed E-state index contributed by atoms with van der Waals surface area (Å²) in [5.74, 6) is 1.74. The molecule has 0 bridgehead atoms. The highest BCUT2D eigenvalue weighted by Crippen LogP contribution is 2.45. The van der Waals surface area contributed by atoms with Crippen molar-refractivity contribution >= 4 is 17.5 Å². The first kappa shape index (κ1) is 22.4. The fraction of sp³-hybridized carbons (Fsp3) is 0.259. The second-order valence-electron chi connectivity index (χ2n) is 8.49. The summed E-state index contributed by atoms with van der Waals surface area (Å²) in [5, 5.41) is 11.5. The lowest BCUT2D eigenvalue weighted by Gasteiger charge is -2.39. The van der Waals surface area contributed by atoms with Gasteiger partial charge in [0, 0.05) is 23.5 Å². The third-order valence-electron chi connectivity index (χ3n) is 6.12. The largest absolute Gasteiger partial charge is 0.493 e. The van der Waals surface area contributed by atoms with Gasteiger partial charge >= 0.3 is 0 Å². The molecule has 1 atom stereocenters.